The fourth-order valence-corrected chi connectivity index (χ4v) is 14.5. The van der Waals surface area contributed by atoms with Gasteiger partial charge in [-0.15, -0.1) is 0 Å². The van der Waals surface area contributed by atoms with Crippen molar-refractivity contribution in [2.75, 3.05) is 64.0 Å². The average Bonchev–Trinajstić information content (AvgIpc) is 1.77. The number of alkyl halides is 3. The number of urea groups is 1. The summed E-state index contributed by atoms with van der Waals surface area (Å²) in [5, 5.41) is 5.89. The van der Waals surface area contributed by atoms with E-state index < -0.39 is 80.3 Å². The van der Waals surface area contributed by atoms with Gasteiger partial charge in [-0.25, -0.2) is 18.2 Å². The topological polar surface area (TPSA) is 281 Å². The SMILES string of the molecule is CC1(C)C(/C=C/C=C/C=C2\N(CCCS(=O)(=O)O)c3ccc(S(=O)(=O)O)cc3C2(C)CCCCCC(=O)NCc2ccc(NC(=O)N3c4nc(-c5cccc(C(F)(F)F)c5)ccc4N4CCC[C@H]3C4)cc2)=[N+](CCCS(=O)(=O)O)c2ccc(S(C)(=O)=O)cc21. The Kier molecular flexibility index (Phi) is 19.3. The lowest BCUT2D eigenvalue weighted by atomic mass is 9.77. The fraction of sp³-hybridized carbons (Fsp3) is 0.387. The van der Waals surface area contributed by atoms with Crippen LogP contribution in [-0.2, 0) is 68.5 Å². The van der Waals surface area contributed by atoms with Gasteiger partial charge in [-0.1, -0.05) is 55.3 Å². The van der Waals surface area contributed by atoms with Crippen LogP contribution in [0.3, 0.4) is 0 Å². The van der Waals surface area contributed by atoms with Crippen molar-refractivity contribution in [2.45, 2.75) is 118 Å². The number of nitrogens with zero attached hydrogens (tertiary/aromatic N) is 5. The molecule has 9 rings (SSSR count). The number of hydrogen-bond acceptors (Lipinski definition) is 13. The second-order valence-electron chi connectivity index (χ2n) is 23.5. The Morgan fingerprint density at radius 2 is 1.47 bits per heavy atom. The Morgan fingerprint density at radius 3 is 2.17 bits per heavy atom. The molecule has 89 heavy (non-hydrogen) atoms. The number of benzene rings is 4. The van der Waals surface area contributed by atoms with Crippen LogP contribution in [0.5, 0.6) is 0 Å². The van der Waals surface area contributed by atoms with Crippen LogP contribution < -0.4 is 25.3 Å². The standard InChI is InChI=1S/C62H70F3N7O13S4/c1-60(2)49-38-47(86(4,75)76)25-28-52(49)70(33-13-35-87(77,78)79)55(60)18-7-5-8-19-56-61(3,50-39-48(89(83,84)85)26-29-53(50)71(56)34-14-36-88(80,81)82)31-10-6-9-20-57(73)66-40-42-21-23-45(24-22-42)67-59(74)72-46-17-12-32-69(41-46)54-30-27-51(68-58(54)72)43-15-11-16-44(37-43)62(63,64)65/h5,7-8,11,15-16,18-19,21-30,37-39,46H,6,9-10,12-14,17,20,31-36,40-41H2,1-4H3,(H4-,66,67,73,74,77,78,79,80,81,82,83,84,85)/p+1/t46-,61?/m0/s1. The van der Waals surface area contributed by atoms with Gasteiger partial charge in [0.1, 0.15) is 6.54 Å². The minimum atomic E-state index is -4.68. The number of rotatable bonds is 23. The van der Waals surface area contributed by atoms with E-state index in [0.29, 0.717) is 95.4 Å². The number of hydrogen-bond donors (Lipinski definition) is 5. The van der Waals surface area contributed by atoms with Gasteiger partial charge in [0.05, 0.1) is 49.7 Å². The third-order valence-corrected chi connectivity index (χ3v) is 20.3. The molecule has 1 saturated heterocycles. The zero-order valence-corrected chi connectivity index (χ0v) is 52.7. The van der Waals surface area contributed by atoms with Crippen molar-refractivity contribution in [1.82, 2.24) is 10.3 Å². The number of aromatic nitrogens is 1. The predicted molar refractivity (Wildman–Crippen MR) is 335 cm³/mol. The number of carbonyl (C=O) groups is 2. The lowest BCUT2D eigenvalue weighted by Crippen LogP contribution is -2.56. The molecular formula is C62H71F3N7O13S4+. The molecule has 1 fully saturated rings. The zero-order valence-electron chi connectivity index (χ0n) is 49.4. The molecule has 5 heterocycles. The maximum Gasteiger partial charge on any atom is 0.416 e. The molecule has 0 aliphatic carbocycles. The van der Waals surface area contributed by atoms with E-state index in [4.69, 9.17) is 4.98 Å². The molecule has 5 N–H and O–H groups in total. The van der Waals surface area contributed by atoms with E-state index in [1.807, 2.05) is 36.3 Å². The number of pyridine rings is 1. The summed E-state index contributed by atoms with van der Waals surface area (Å²) < 4.78 is 170. The number of piperidine rings is 1. The molecular weight excluding hydrogens is 1240 g/mol. The lowest BCUT2D eigenvalue weighted by molar-refractivity contribution is -0.437. The Hall–Kier alpha value is -7.27. The molecule has 1 unspecified atom stereocenters. The lowest BCUT2D eigenvalue weighted by Gasteiger charge is -2.45. The first kappa shape index (κ1) is 66.2. The van der Waals surface area contributed by atoms with Crippen LogP contribution in [0.25, 0.3) is 11.3 Å². The van der Waals surface area contributed by atoms with Gasteiger partial charge < -0.3 is 20.4 Å². The molecule has 4 aliphatic rings. The molecule has 4 aromatic carbocycles. The monoisotopic (exact) mass is 1310 g/mol. The van der Waals surface area contributed by atoms with E-state index in [1.165, 1.54) is 30.3 Å². The minimum absolute atomic E-state index is 0.0144. The fourth-order valence-electron chi connectivity index (χ4n) is 12.3. The zero-order chi connectivity index (χ0) is 64.5. The second kappa shape index (κ2) is 25.9. The quantitative estimate of drug-likeness (QED) is 0.0176. The molecule has 4 aliphatic heterocycles. The number of carbonyl (C=O) groups excluding carboxylic acids is 2. The first-order valence-corrected chi connectivity index (χ1v) is 35.5. The number of allylic oxidation sites excluding steroid dienone is 6. The van der Waals surface area contributed by atoms with Gasteiger partial charge in [-0.2, -0.15) is 43.0 Å². The van der Waals surface area contributed by atoms with Crippen molar-refractivity contribution < 1.29 is 74.7 Å². The summed E-state index contributed by atoms with van der Waals surface area (Å²) in [6.45, 7) is 7.49. The number of anilines is 4. The molecule has 3 amide bonds. The van der Waals surface area contributed by atoms with Gasteiger partial charge in [0, 0.05) is 91.0 Å². The van der Waals surface area contributed by atoms with Gasteiger partial charge in [0.15, 0.2) is 21.4 Å². The summed E-state index contributed by atoms with van der Waals surface area (Å²) in [6, 6.07) is 23.6. The van der Waals surface area contributed by atoms with Crippen molar-refractivity contribution in [1.29, 1.82) is 0 Å². The van der Waals surface area contributed by atoms with Gasteiger partial charge >= 0.3 is 12.2 Å². The van der Waals surface area contributed by atoms with Crippen LogP contribution in [0.1, 0.15) is 101 Å². The molecule has 2 atom stereocenters. The van der Waals surface area contributed by atoms with Crippen molar-refractivity contribution in [3.8, 4) is 11.3 Å². The maximum absolute atomic E-state index is 14.1. The molecule has 476 valence electrons. The molecule has 2 bridgehead atoms. The minimum Gasteiger partial charge on any atom is -0.366 e. The number of unbranched alkanes of at least 4 members (excludes halogenated alkanes) is 2. The number of nitrogens with one attached hydrogen (secondary N) is 2. The van der Waals surface area contributed by atoms with E-state index in [-0.39, 0.29) is 66.2 Å². The summed E-state index contributed by atoms with van der Waals surface area (Å²) in [5.74, 6) is -0.924. The first-order valence-electron chi connectivity index (χ1n) is 29.0. The Labute approximate surface area is 517 Å². The molecule has 0 saturated carbocycles. The van der Waals surface area contributed by atoms with Crippen molar-refractivity contribution in [3.63, 3.8) is 0 Å². The van der Waals surface area contributed by atoms with Crippen LogP contribution in [0.15, 0.2) is 143 Å². The van der Waals surface area contributed by atoms with Crippen LogP contribution in [-0.4, -0.2) is 125 Å². The summed E-state index contributed by atoms with van der Waals surface area (Å²) in [4.78, 5) is 37.4. The number of sulfone groups is 1. The summed E-state index contributed by atoms with van der Waals surface area (Å²) >= 11 is 0. The van der Waals surface area contributed by atoms with Crippen molar-refractivity contribution in [2.24, 2.45) is 0 Å². The van der Waals surface area contributed by atoms with Gasteiger partial charge in [-0.3, -0.25) is 23.4 Å². The van der Waals surface area contributed by atoms with Gasteiger partial charge in [0.25, 0.3) is 30.4 Å². The highest BCUT2D eigenvalue weighted by molar-refractivity contribution is 7.90. The molecule has 0 spiro atoms. The number of fused-ring (bicyclic) bond motifs is 6. The Balaban J connectivity index is 0.863. The smallest absolute Gasteiger partial charge is 0.366 e. The van der Waals surface area contributed by atoms with Crippen LogP contribution in [0, 0.1) is 0 Å². The van der Waals surface area contributed by atoms with Crippen molar-refractivity contribution >= 4 is 86.4 Å². The van der Waals surface area contributed by atoms with E-state index in [0.717, 1.165) is 36.9 Å². The highest BCUT2D eigenvalue weighted by Crippen LogP contribution is 2.52. The number of halogens is 3. The molecule has 27 heteroatoms. The normalized spacial score (nSPS) is 18.9. The Bertz CT molecular complexity index is 4180. The van der Waals surface area contributed by atoms with Crippen molar-refractivity contribution in [3.05, 3.63) is 155 Å². The Morgan fingerprint density at radius 1 is 0.775 bits per heavy atom. The maximum atomic E-state index is 14.1. The summed E-state index contributed by atoms with van der Waals surface area (Å²) in [6.07, 6.45) is 9.13. The molecule has 20 nitrogen and oxygen atoms in total. The second-order valence-corrected chi connectivity index (χ2v) is 30.1. The van der Waals surface area contributed by atoms with E-state index >= 15 is 0 Å². The van der Waals surface area contributed by atoms with E-state index in [9.17, 15) is 70.1 Å². The molecule has 0 radical (unpaired) electrons. The first-order chi connectivity index (χ1) is 41.7. The van der Waals surface area contributed by atoms with Crippen LogP contribution >= 0.6 is 0 Å². The van der Waals surface area contributed by atoms with E-state index in [2.05, 4.69) is 15.5 Å². The summed E-state index contributed by atoms with van der Waals surface area (Å²) in [7, 11) is -16.9. The highest BCUT2D eigenvalue weighted by Gasteiger charge is 2.46. The number of amides is 3. The highest BCUT2D eigenvalue weighted by atomic mass is 32.2. The predicted octanol–water partition coefficient (Wildman–Crippen LogP) is 10.4. The largest absolute Gasteiger partial charge is 0.416 e. The third-order valence-electron chi connectivity index (χ3n) is 16.8. The van der Waals surface area contributed by atoms with Gasteiger partial charge in [-0.05, 0) is 137 Å². The average molecular weight is 1310 g/mol. The molecule has 5 aromatic rings. The van der Waals surface area contributed by atoms with E-state index in [1.54, 1.807) is 83.8 Å². The summed E-state index contributed by atoms with van der Waals surface area (Å²) in [5.41, 5.74) is 3.77. The molecule has 1 aromatic heterocycles. The van der Waals surface area contributed by atoms with Crippen LogP contribution in [0.4, 0.5) is 46.5 Å². The van der Waals surface area contributed by atoms with Gasteiger partial charge in [0.2, 0.25) is 11.6 Å². The third kappa shape index (κ3) is 15.5. The van der Waals surface area contributed by atoms with Crippen LogP contribution in [0.2, 0.25) is 0 Å².